The van der Waals surface area contributed by atoms with Crippen molar-refractivity contribution in [3.63, 3.8) is 0 Å². The van der Waals surface area contributed by atoms with Gasteiger partial charge >= 0.3 is 0 Å². The molecule has 0 aliphatic rings. The minimum absolute atomic E-state index is 0.918. The van der Waals surface area contributed by atoms with Crippen LogP contribution in [0.25, 0.3) is 0 Å². The fourth-order valence-corrected chi connectivity index (χ4v) is 2.27. The van der Waals surface area contributed by atoms with E-state index in [4.69, 9.17) is 0 Å². The molecular formula is C15H31. The van der Waals surface area contributed by atoms with Crippen LogP contribution in [0, 0.1) is 11.8 Å². The van der Waals surface area contributed by atoms with Gasteiger partial charge in [-0.2, -0.15) is 0 Å². The van der Waals surface area contributed by atoms with Crippen LogP contribution in [0.15, 0.2) is 0 Å². The first kappa shape index (κ1) is 15.0. The average Bonchev–Trinajstić information content (AvgIpc) is 2.26. The third kappa shape index (κ3) is 7.88. The van der Waals surface area contributed by atoms with Crippen molar-refractivity contribution >= 4 is 0 Å². The molecule has 0 fully saturated rings. The van der Waals surface area contributed by atoms with Crippen molar-refractivity contribution in [3.8, 4) is 0 Å². The number of rotatable bonds is 10. The highest BCUT2D eigenvalue weighted by Gasteiger charge is 2.14. The fourth-order valence-electron chi connectivity index (χ4n) is 2.27. The second kappa shape index (κ2) is 10.5. The highest BCUT2D eigenvalue weighted by molar-refractivity contribution is 4.90. The van der Waals surface area contributed by atoms with E-state index in [-0.39, 0.29) is 0 Å². The van der Waals surface area contributed by atoms with Gasteiger partial charge in [-0.15, -0.1) is 0 Å². The van der Waals surface area contributed by atoms with E-state index >= 15 is 0 Å². The first-order valence-electron chi connectivity index (χ1n) is 7.08. The first-order chi connectivity index (χ1) is 7.26. The Morgan fingerprint density at radius 3 is 2.00 bits per heavy atom. The van der Waals surface area contributed by atoms with Crippen LogP contribution in [0.1, 0.15) is 85.5 Å². The van der Waals surface area contributed by atoms with Crippen molar-refractivity contribution in [3.05, 3.63) is 5.92 Å². The summed E-state index contributed by atoms with van der Waals surface area (Å²) >= 11 is 0. The summed E-state index contributed by atoms with van der Waals surface area (Å²) in [7, 11) is 0. The van der Waals surface area contributed by atoms with Crippen LogP contribution >= 0.6 is 0 Å². The lowest BCUT2D eigenvalue weighted by molar-refractivity contribution is 0.422. The van der Waals surface area contributed by atoms with Gasteiger partial charge in [0.05, 0.1) is 0 Å². The van der Waals surface area contributed by atoms with Gasteiger partial charge in [0, 0.05) is 0 Å². The highest BCUT2D eigenvalue weighted by Crippen LogP contribution is 2.27. The van der Waals surface area contributed by atoms with E-state index in [1.54, 1.807) is 5.92 Å². The quantitative estimate of drug-likeness (QED) is 0.402. The Hall–Kier alpha value is 0. The van der Waals surface area contributed by atoms with E-state index in [0.29, 0.717) is 0 Å². The van der Waals surface area contributed by atoms with E-state index < -0.39 is 0 Å². The Morgan fingerprint density at radius 1 is 0.800 bits per heavy atom. The molecule has 0 heteroatoms. The Kier molecular flexibility index (Phi) is 10.5. The summed E-state index contributed by atoms with van der Waals surface area (Å²) in [6.45, 7) is 9.25. The molecule has 0 amide bonds. The van der Waals surface area contributed by atoms with Crippen LogP contribution in [0.3, 0.4) is 0 Å². The van der Waals surface area contributed by atoms with Gasteiger partial charge in [0.15, 0.2) is 0 Å². The molecule has 1 unspecified atom stereocenters. The van der Waals surface area contributed by atoms with Crippen LogP contribution in [-0.2, 0) is 0 Å². The molecule has 0 bridgehead atoms. The Bertz CT molecular complexity index is 117. The van der Waals surface area contributed by atoms with Crippen molar-refractivity contribution in [1.29, 1.82) is 0 Å². The van der Waals surface area contributed by atoms with Crippen LogP contribution < -0.4 is 0 Å². The van der Waals surface area contributed by atoms with Crippen LogP contribution in [-0.4, -0.2) is 0 Å². The highest BCUT2D eigenvalue weighted by atomic mass is 14.2. The van der Waals surface area contributed by atoms with E-state index in [0.717, 1.165) is 5.92 Å². The predicted molar refractivity (Wildman–Crippen MR) is 71.0 cm³/mol. The summed E-state index contributed by atoms with van der Waals surface area (Å²) in [5.41, 5.74) is 0. The molecule has 0 aromatic carbocycles. The molecule has 0 aromatic heterocycles. The van der Waals surface area contributed by atoms with E-state index in [1.807, 2.05) is 0 Å². The number of unbranched alkanes of at least 4 members (excludes halogenated alkanes) is 4. The van der Waals surface area contributed by atoms with Crippen molar-refractivity contribution in [2.24, 2.45) is 5.92 Å². The van der Waals surface area contributed by atoms with E-state index in [1.165, 1.54) is 57.8 Å². The molecule has 0 aromatic rings. The minimum Gasteiger partial charge on any atom is -0.0654 e. The minimum atomic E-state index is 0.918. The van der Waals surface area contributed by atoms with Gasteiger partial charge in [-0.25, -0.2) is 0 Å². The predicted octanol–water partition coefficient (Wildman–Crippen LogP) is 5.77. The zero-order valence-corrected chi connectivity index (χ0v) is 11.4. The van der Waals surface area contributed by atoms with Crippen LogP contribution in [0.2, 0.25) is 0 Å². The molecule has 0 spiro atoms. The summed E-state index contributed by atoms with van der Waals surface area (Å²) in [4.78, 5) is 0. The van der Waals surface area contributed by atoms with E-state index in [9.17, 15) is 0 Å². The standard InChI is InChI=1S/C15H31/c1-5-8-9-10-11-13-15(12-6-2)14(4)7-3/h15H,5-13H2,1-4H3. The van der Waals surface area contributed by atoms with Gasteiger partial charge in [0.1, 0.15) is 0 Å². The Balaban J connectivity index is 3.56. The SMILES string of the molecule is CCCCCCCC(CCC)[C](C)CC. The zero-order valence-electron chi connectivity index (χ0n) is 11.4. The molecule has 1 radical (unpaired) electrons. The number of hydrogen-bond acceptors (Lipinski definition) is 0. The monoisotopic (exact) mass is 211 g/mol. The van der Waals surface area contributed by atoms with Crippen molar-refractivity contribution < 1.29 is 0 Å². The molecule has 0 saturated carbocycles. The second-order valence-corrected chi connectivity index (χ2v) is 4.89. The molecular weight excluding hydrogens is 180 g/mol. The average molecular weight is 211 g/mol. The van der Waals surface area contributed by atoms with E-state index in [2.05, 4.69) is 27.7 Å². The van der Waals surface area contributed by atoms with Crippen molar-refractivity contribution in [2.75, 3.05) is 0 Å². The Labute approximate surface area is 97.8 Å². The summed E-state index contributed by atoms with van der Waals surface area (Å²) in [6, 6.07) is 0. The van der Waals surface area contributed by atoms with Gasteiger partial charge < -0.3 is 0 Å². The van der Waals surface area contributed by atoms with Crippen molar-refractivity contribution in [2.45, 2.75) is 85.5 Å². The molecule has 0 heterocycles. The molecule has 91 valence electrons. The summed E-state index contributed by atoms with van der Waals surface area (Å²) in [6.07, 6.45) is 12.6. The van der Waals surface area contributed by atoms with Gasteiger partial charge in [0.25, 0.3) is 0 Å². The van der Waals surface area contributed by atoms with Gasteiger partial charge in [0.2, 0.25) is 0 Å². The van der Waals surface area contributed by atoms with Crippen molar-refractivity contribution in [1.82, 2.24) is 0 Å². The molecule has 15 heavy (non-hydrogen) atoms. The summed E-state index contributed by atoms with van der Waals surface area (Å²) < 4.78 is 0. The second-order valence-electron chi connectivity index (χ2n) is 4.89. The maximum absolute atomic E-state index is 2.35. The molecule has 0 N–H and O–H groups in total. The van der Waals surface area contributed by atoms with Gasteiger partial charge in [-0.3, -0.25) is 0 Å². The van der Waals surface area contributed by atoms with Crippen LogP contribution in [0.5, 0.6) is 0 Å². The lowest BCUT2D eigenvalue weighted by Gasteiger charge is -2.21. The topological polar surface area (TPSA) is 0 Å². The molecule has 1 atom stereocenters. The molecule has 0 aliphatic carbocycles. The lowest BCUT2D eigenvalue weighted by atomic mass is 9.84. The van der Waals surface area contributed by atoms with Crippen LogP contribution in [0.4, 0.5) is 0 Å². The van der Waals surface area contributed by atoms with Gasteiger partial charge in [-0.1, -0.05) is 72.6 Å². The summed E-state index contributed by atoms with van der Waals surface area (Å²) in [5.74, 6) is 2.65. The normalized spacial score (nSPS) is 13.4. The molecule has 0 saturated heterocycles. The van der Waals surface area contributed by atoms with Gasteiger partial charge in [-0.05, 0) is 24.7 Å². The molecule has 0 aliphatic heterocycles. The third-order valence-electron chi connectivity index (χ3n) is 3.55. The maximum Gasteiger partial charge on any atom is -0.0244 e. The molecule has 0 rings (SSSR count). The third-order valence-corrected chi connectivity index (χ3v) is 3.55. The fraction of sp³-hybridized carbons (Fsp3) is 0.933. The largest absolute Gasteiger partial charge is 0.0654 e. The maximum atomic E-state index is 2.35. The lowest BCUT2D eigenvalue weighted by Crippen LogP contribution is -2.08. The molecule has 0 nitrogen and oxygen atoms in total. The zero-order chi connectivity index (χ0) is 11.5. The first-order valence-corrected chi connectivity index (χ1v) is 7.08. The number of hydrogen-bond donors (Lipinski definition) is 0. The summed E-state index contributed by atoms with van der Waals surface area (Å²) in [5, 5.41) is 0. The Morgan fingerprint density at radius 2 is 1.47 bits per heavy atom. The smallest absolute Gasteiger partial charge is 0.0244 e.